The molecular formula is C25H24N2O4. The maximum Gasteiger partial charge on any atom is 0.323 e. The molecule has 158 valence electrons. The van der Waals surface area contributed by atoms with Gasteiger partial charge in [0.1, 0.15) is 24.1 Å². The first kappa shape index (κ1) is 20.6. The lowest BCUT2D eigenvalue weighted by molar-refractivity contribution is -0.159. The molecule has 3 aromatic carbocycles. The van der Waals surface area contributed by atoms with Crippen LogP contribution in [0.4, 0.5) is 5.69 Å². The van der Waals surface area contributed by atoms with Crippen LogP contribution in [0.5, 0.6) is 11.5 Å². The van der Waals surface area contributed by atoms with E-state index in [1.165, 1.54) is 0 Å². The minimum absolute atomic E-state index is 0.0356. The van der Waals surface area contributed by atoms with Crippen molar-refractivity contribution in [1.29, 1.82) is 0 Å². The van der Waals surface area contributed by atoms with Crippen molar-refractivity contribution in [3.63, 3.8) is 0 Å². The van der Waals surface area contributed by atoms with Gasteiger partial charge in [0.05, 0.1) is 6.42 Å². The van der Waals surface area contributed by atoms with Gasteiger partial charge >= 0.3 is 5.97 Å². The SMILES string of the molecule is O=C(CC1C(=O)OCCN1Cc1ccccc1)Nc1ccc(Oc2ccccc2)cc1. The number of nitrogens with zero attached hydrogens (tertiary/aromatic N) is 1. The van der Waals surface area contributed by atoms with E-state index >= 15 is 0 Å². The lowest BCUT2D eigenvalue weighted by atomic mass is 10.1. The van der Waals surface area contributed by atoms with Crippen molar-refractivity contribution in [2.24, 2.45) is 0 Å². The van der Waals surface area contributed by atoms with Crippen LogP contribution in [0.3, 0.4) is 0 Å². The zero-order valence-corrected chi connectivity index (χ0v) is 17.1. The molecule has 0 spiro atoms. The third kappa shape index (κ3) is 5.71. The molecule has 4 rings (SSSR count). The first-order valence-corrected chi connectivity index (χ1v) is 10.2. The van der Waals surface area contributed by atoms with Gasteiger partial charge < -0.3 is 14.8 Å². The summed E-state index contributed by atoms with van der Waals surface area (Å²) in [6, 6.07) is 25.9. The Kier molecular flexibility index (Phi) is 6.59. The molecule has 6 heteroatoms. The fraction of sp³-hybridized carbons (Fsp3) is 0.200. The molecule has 6 nitrogen and oxygen atoms in total. The van der Waals surface area contributed by atoms with E-state index in [-0.39, 0.29) is 18.3 Å². The summed E-state index contributed by atoms with van der Waals surface area (Å²) in [5.41, 5.74) is 1.74. The highest BCUT2D eigenvalue weighted by Gasteiger charge is 2.33. The van der Waals surface area contributed by atoms with Gasteiger partial charge in [-0.05, 0) is 42.0 Å². The number of hydrogen-bond acceptors (Lipinski definition) is 5. The molecule has 0 bridgehead atoms. The summed E-state index contributed by atoms with van der Waals surface area (Å²) < 4.78 is 11.0. The maximum atomic E-state index is 12.6. The maximum absolute atomic E-state index is 12.6. The van der Waals surface area contributed by atoms with Gasteiger partial charge in [-0.2, -0.15) is 0 Å². The van der Waals surface area contributed by atoms with Crippen LogP contribution in [0.1, 0.15) is 12.0 Å². The van der Waals surface area contributed by atoms with E-state index in [0.717, 1.165) is 11.3 Å². The number of rotatable bonds is 7. The van der Waals surface area contributed by atoms with Crippen molar-refractivity contribution in [3.05, 3.63) is 90.5 Å². The molecule has 0 aromatic heterocycles. The first-order chi connectivity index (χ1) is 15.2. The Morgan fingerprint density at radius 3 is 2.29 bits per heavy atom. The molecule has 0 radical (unpaired) electrons. The monoisotopic (exact) mass is 416 g/mol. The van der Waals surface area contributed by atoms with Gasteiger partial charge in [-0.25, -0.2) is 0 Å². The molecule has 1 fully saturated rings. The highest BCUT2D eigenvalue weighted by molar-refractivity contribution is 5.94. The average molecular weight is 416 g/mol. The summed E-state index contributed by atoms with van der Waals surface area (Å²) in [5, 5.41) is 2.86. The quantitative estimate of drug-likeness (QED) is 0.584. The van der Waals surface area contributed by atoms with E-state index in [2.05, 4.69) is 5.32 Å². The lowest BCUT2D eigenvalue weighted by Crippen LogP contribution is -2.49. The van der Waals surface area contributed by atoms with E-state index in [1.54, 1.807) is 24.3 Å². The van der Waals surface area contributed by atoms with E-state index in [4.69, 9.17) is 9.47 Å². The Bertz CT molecular complexity index is 1010. The van der Waals surface area contributed by atoms with Gasteiger partial charge in [-0.1, -0.05) is 48.5 Å². The standard InChI is InChI=1S/C25H24N2O4/c28-24(26-20-11-13-22(14-12-20)31-21-9-5-2-6-10-21)17-23-25(29)30-16-15-27(23)18-19-7-3-1-4-8-19/h1-14,23H,15-18H2,(H,26,28). The Hall–Kier alpha value is -3.64. The fourth-order valence-electron chi connectivity index (χ4n) is 3.50. The molecule has 1 unspecified atom stereocenters. The highest BCUT2D eigenvalue weighted by atomic mass is 16.5. The molecule has 1 aliphatic rings. The van der Waals surface area contributed by atoms with Crippen LogP contribution >= 0.6 is 0 Å². The predicted molar refractivity (Wildman–Crippen MR) is 118 cm³/mol. The fourth-order valence-corrected chi connectivity index (χ4v) is 3.50. The average Bonchev–Trinajstić information content (AvgIpc) is 2.79. The van der Waals surface area contributed by atoms with Crippen LogP contribution in [-0.2, 0) is 20.9 Å². The first-order valence-electron chi connectivity index (χ1n) is 10.2. The Labute approximate surface area is 181 Å². The molecule has 1 amide bonds. The number of carbonyl (C=O) groups excluding carboxylic acids is 2. The highest BCUT2D eigenvalue weighted by Crippen LogP contribution is 2.23. The molecule has 1 saturated heterocycles. The molecule has 1 atom stereocenters. The van der Waals surface area contributed by atoms with Crippen LogP contribution in [0.25, 0.3) is 0 Å². The molecule has 31 heavy (non-hydrogen) atoms. The molecule has 0 aliphatic carbocycles. The molecule has 3 aromatic rings. The third-order valence-corrected chi connectivity index (χ3v) is 5.06. The molecule has 1 aliphatic heterocycles. The van der Waals surface area contributed by atoms with E-state index in [0.29, 0.717) is 31.1 Å². The number of hydrogen-bond donors (Lipinski definition) is 1. The Morgan fingerprint density at radius 2 is 1.58 bits per heavy atom. The number of cyclic esters (lactones) is 1. The van der Waals surface area contributed by atoms with Crippen LogP contribution in [0.15, 0.2) is 84.9 Å². The molecule has 1 heterocycles. The van der Waals surface area contributed by atoms with Gasteiger partial charge in [0.15, 0.2) is 0 Å². The summed E-state index contributed by atoms with van der Waals surface area (Å²) in [7, 11) is 0. The van der Waals surface area contributed by atoms with Crippen molar-refractivity contribution in [1.82, 2.24) is 4.90 Å². The van der Waals surface area contributed by atoms with E-state index in [1.807, 2.05) is 65.6 Å². The Morgan fingerprint density at radius 1 is 0.935 bits per heavy atom. The van der Waals surface area contributed by atoms with Crippen LogP contribution in [0, 0.1) is 0 Å². The predicted octanol–water partition coefficient (Wildman–Crippen LogP) is 4.24. The second-order valence-electron chi connectivity index (χ2n) is 7.33. The summed E-state index contributed by atoms with van der Waals surface area (Å²) >= 11 is 0. The van der Waals surface area contributed by atoms with Crippen LogP contribution in [0.2, 0.25) is 0 Å². The van der Waals surface area contributed by atoms with Crippen molar-refractivity contribution >= 4 is 17.6 Å². The Balaban J connectivity index is 1.35. The largest absolute Gasteiger partial charge is 0.463 e. The zero-order chi connectivity index (χ0) is 21.5. The summed E-state index contributed by atoms with van der Waals surface area (Å²) in [6.07, 6.45) is 0.0356. The van der Waals surface area contributed by atoms with Gasteiger partial charge in [-0.15, -0.1) is 0 Å². The minimum Gasteiger partial charge on any atom is -0.463 e. The normalized spacial score (nSPS) is 16.4. The van der Waals surface area contributed by atoms with Gasteiger partial charge in [-0.3, -0.25) is 14.5 Å². The summed E-state index contributed by atoms with van der Waals surface area (Å²) in [6.45, 7) is 1.54. The van der Waals surface area contributed by atoms with Gasteiger partial charge in [0.25, 0.3) is 0 Å². The van der Waals surface area contributed by atoms with Gasteiger partial charge in [0.2, 0.25) is 5.91 Å². The zero-order valence-electron chi connectivity index (χ0n) is 17.1. The number of para-hydroxylation sites is 1. The number of anilines is 1. The van der Waals surface area contributed by atoms with Crippen molar-refractivity contribution in [2.45, 2.75) is 19.0 Å². The van der Waals surface area contributed by atoms with Crippen molar-refractivity contribution in [3.8, 4) is 11.5 Å². The summed E-state index contributed by atoms with van der Waals surface area (Å²) in [5.74, 6) is 0.824. The van der Waals surface area contributed by atoms with Crippen molar-refractivity contribution < 1.29 is 19.1 Å². The second kappa shape index (κ2) is 9.91. The van der Waals surface area contributed by atoms with Gasteiger partial charge in [0, 0.05) is 18.8 Å². The topological polar surface area (TPSA) is 67.9 Å². The summed E-state index contributed by atoms with van der Waals surface area (Å²) in [4.78, 5) is 27.0. The third-order valence-electron chi connectivity index (χ3n) is 5.06. The van der Waals surface area contributed by atoms with Crippen molar-refractivity contribution in [2.75, 3.05) is 18.5 Å². The number of nitrogens with one attached hydrogen (secondary N) is 1. The second-order valence-corrected chi connectivity index (χ2v) is 7.33. The number of morpholine rings is 1. The number of benzene rings is 3. The molecular weight excluding hydrogens is 392 g/mol. The van der Waals surface area contributed by atoms with E-state index in [9.17, 15) is 9.59 Å². The van der Waals surface area contributed by atoms with E-state index < -0.39 is 6.04 Å². The number of ether oxygens (including phenoxy) is 2. The minimum atomic E-state index is -0.602. The molecule has 1 N–H and O–H groups in total. The van der Waals surface area contributed by atoms with Crippen LogP contribution < -0.4 is 10.1 Å². The smallest absolute Gasteiger partial charge is 0.323 e. The lowest BCUT2D eigenvalue weighted by Gasteiger charge is -2.33. The number of esters is 1. The number of carbonyl (C=O) groups is 2. The van der Waals surface area contributed by atoms with Crippen LogP contribution in [-0.4, -0.2) is 36.0 Å². The molecule has 0 saturated carbocycles. The number of amides is 1.